The summed E-state index contributed by atoms with van der Waals surface area (Å²) in [6.07, 6.45) is 2.71. The van der Waals surface area contributed by atoms with Gasteiger partial charge in [-0.3, -0.25) is 4.79 Å². The predicted molar refractivity (Wildman–Crippen MR) is 79.9 cm³/mol. The zero-order valence-electron chi connectivity index (χ0n) is 11.7. The minimum absolute atomic E-state index is 0.247. The molecular formula is C14H16BrN3O2. The average molecular weight is 338 g/mol. The number of oxazole rings is 1. The van der Waals surface area contributed by atoms with Gasteiger partial charge in [0, 0.05) is 4.47 Å². The van der Waals surface area contributed by atoms with Gasteiger partial charge < -0.3 is 9.73 Å². The number of carbonyl (C=O) groups excluding carboxylic acids is 1. The minimum Gasteiger partial charge on any atom is -0.438 e. The van der Waals surface area contributed by atoms with Crippen LogP contribution in [0.5, 0.6) is 0 Å². The van der Waals surface area contributed by atoms with Crippen LogP contribution in [-0.2, 0) is 12.8 Å². The summed E-state index contributed by atoms with van der Waals surface area (Å²) in [5.41, 5.74) is 2.44. The lowest BCUT2D eigenvalue weighted by Crippen LogP contribution is -2.16. The van der Waals surface area contributed by atoms with Crippen LogP contribution in [0.15, 0.2) is 21.3 Å². The maximum Gasteiger partial charge on any atom is 0.294 e. The zero-order valence-corrected chi connectivity index (χ0v) is 13.2. The van der Waals surface area contributed by atoms with Crippen molar-refractivity contribution < 1.29 is 9.21 Å². The Morgan fingerprint density at radius 2 is 2.15 bits per heavy atom. The highest BCUT2D eigenvalue weighted by Crippen LogP contribution is 2.23. The van der Waals surface area contributed by atoms with E-state index in [4.69, 9.17) is 4.42 Å². The third kappa shape index (κ3) is 2.90. The van der Waals surface area contributed by atoms with Crippen molar-refractivity contribution in [1.82, 2.24) is 9.97 Å². The third-order valence-corrected chi connectivity index (χ3v) is 3.83. The van der Waals surface area contributed by atoms with Crippen molar-refractivity contribution in [2.75, 3.05) is 5.32 Å². The summed E-state index contributed by atoms with van der Waals surface area (Å²) >= 11 is 3.45. The van der Waals surface area contributed by atoms with Crippen LogP contribution >= 0.6 is 15.9 Å². The first kappa shape index (κ1) is 14.7. The summed E-state index contributed by atoms with van der Waals surface area (Å²) in [4.78, 5) is 20.6. The second-order valence-electron chi connectivity index (χ2n) is 4.35. The number of nitrogens with zero attached hydrogens (tertiary/aromatic N) is 2. The Bertz CT molecular complexity index is 637. The van der Waals surface area contributed by atoms with E-state index < -0.39 is 0 Å². The lowest BCUT2D eigenvalue weighted by Gasteiger charge is -2.10. The molecule has 0 aliphatic heterocycles. The first-order chi connectivity index (χ1) is 9.56. The van der Waals surface area contributed by atoms with Gasteiger partial charge in [-0.1, -0.05) is 13.8 Å². The molecule has 0 bridgehead atoms. The van der Waals surface area contributed by atoms with Crippen LogP contribution in [-0.4, -0.2) is 15.9 Å². The number of nitrogens with one attached hydrogen (secondary N) is 1. The molecule has 0 saturated heterocycles. The highest BCUT2D eigenvalue weighted by atomic mass is 79.9. The summed E-state index contributed by atoms with van der Waals surface area (Å²) < 4.78 is 6.09. The largest absolute Gasteiger partial charge is 0.438 e. The molecule has 1 amide bonds. The number of hydrogen-bond acceptors (Lipinski definition) is 4. The molecular weight excluding hydrogens is 322 g/mol. The van der Waals surface area contributed by atoms with Crippen molar-refractivity contribution >= 4 is 27.7 Å². The Hall–Kier alpha value is -1.69. The van der Waals surface area contributed by atoms with Crippen molar-refractivity contribution in [2.45, 2.75) is 33.6 Å². The SMILES string of the molecule is CCc1cc(Br)c(C)nc1NC(=O)c1ocnc1CC. The van der Waals surface area contributed by atoms with E-state index in [0.29, 0.717) is 17.9 Å². The highest BCUT2D eigenvalue weighted by molar-refractivity contribution is 9.10. The van der Waals surface area contributed by atoms with Gasteiger partial charge in [-0.25, -0.2) is 9.97 Å². The number of hydrogen-bond donors (Lipinski definition) is 1. The van der Waals surface area contributed by atoms with Gasteiger partial charge >= 0.3 is 0 Å². The molecule has 0 aromatic carbocycles. The molecule has 0 fully saturated rings. The van der Waals surface area contributed by atoms with Crippen molar-refractivity contribution in [3.63, 3.8) is 0 Å². The number of amides is 1. The Labute approximate surface area is 125 Å². The maximum absolute atomic E-state index is 12.2. The molecule has 0 spiro atoms. The van der Waals surface area contributed by atoms with Crippen LogP contribution in [0.1, 0.15) is 41.4 Å². The van der Waals surface area contributed by atoms with Crippen molar-refractivity contribution in [3.05, 3.63) is 39.6 Å². The molecule has 6 heteroatoms. The molecule has 0 radical (unpaired) electrons. The fourth-order valence-corrected chi connectivity index (χ4v) is 2.23. The number of pyridine rings is 1. The molecule has 1 N–H and O–H groups in total. The predicted octanol–water partition coefficient (Wildman–Crippen LogP) is 3.52. The fraction of sp³-hybridized carbons (Fsp3) is 0.357. The van der Waals surface area contributed by atoms with Gasteiger partial charge in [0.2, 0.25) is 5.76 Å². The van der Waals surface area contributed by atoms with E-state index in [1.165, 1.54) is 6.39 Å². The summed E-state index contributed by atoms with van der Waals surface area (Å²) in [6, 6.07) is 1.97. The summed E-state index contributed by atoms with van der Waals surface area (Å²) in [5, 5.41) is 2.80. The number of anilines is 1. The summed E-state index contributed by atoms with van der Waals surface area (Å²) in [7, 11) is 0. The molecule has 0 unspecified atom stereocenters. The van der Waals surface area contributed by atoms with Gasteiger partial charge in [0.25, 0.3) is 5.91 Å². The molecule has 106 valence electrons. The van der Waals surface area contributed by atoms with Crippen LogP contribution in [0.3, 0.4) is 0 Å². The van der Waals surface area contributed by atoms with Crippen LogP contribution in [0, 0.1) is 6.92 Å². The lowest BCUT2D eigenvalue weighted by molar-refractivity contribution is 0.0995. The number of aromatic nitrogens is 2. The maximum atomic E-state index is 12.2. The average Bonchev–Trinajstić information content (AvgIpc) is 2.91. The minimum atomic E-state index is -0.316. The number of halogens is 1. The molecule has 2 aromatic heterocycles. The molecule has 2 heterocycles. The van der Waals surface area contributed by atoms with Crippen molar-refractivity contribution in [3.8, 4) is 0 Å². The van der Waals surface area contributed by atoms with Crippen LogP contribution < -0.4 is 5.32 Å². The molecule has 0 atom stereocenters. The smallest absolute Gasteiger partial charge is 0.294 e. The van der Waals surface area contributed by atoms with Crippen molar-refractivity contribution in [2.24, 2.45) is 0 Å². The first-order valence-electron chi connectivity index (χ1n) is 6.46. The fourth-order valence-electron chi connectivity index (χ4n) is 1.87. The van der Waals surface area contributed by atoms with Gasteiger partial charge in [-0.2, -0.15) is 0 Å². The summed E-state index contributed by atoms with van der Waals surface area (Å²) in [5.74, 6) is 0.497. The Balaban J connectivity index is 2.30. The Kier molecular flexibility index (Phi) is 4.54. The van der Waals surface area contributed by atoms with E-state index in [0.717, 1.165) is 22.2 Å². The van der Waals surface area contributed by atoms with Crippen molar-refractivity contribution in [1.29, 1.82) is 0 Å². The molecule has 2 aromatic rings. The van der Waals surface area contributed by atoms with E-state index in [2.05, 4.69) is 31.2 Å². The first-order valence-corrected chi connectivity index (χ1v) is 7.25. The molecule has 0 saturated carbocycles. The van der Waals surface area contributed by atoms with E-state index in [1.54, 1.807) is 0 Å². The molecule has 20 heavy (non-hydrogen) atoms. The molecule has 0 aliphatic carbocycles. The molecule has 5 nitrogen and oxygen atoms in total. The number of carbonyl (C=O) groups is 1. The Morgan fingerprint density at radius 3 is 2.80 bits per heavy atom. The van der Waals surface area contributed by atoms with Gasteiger partial charge in [-0.05, 0) is 47.3 Å². The van der Waals surface area contributed by atoms with E-state index >= 15 is 0 Å². The number of rotatable bonds is 4. The van der Waals surface area contributed by atoms with Gasteiger partial charge in [0.05, 0.1) is 11.4 Å². The van der Waals surface area contributed by atoms with Crippen LogP contribution in [0.25, 0.3) is 0 Å². The molecule has 2 rings (SSSR count). The lowest BCUT2D eigenvalue weighted by atomic mass is 10.2. The van der Waals surface area contributed by atoms with E-state index in [1.807, 2.05) is 26.8 Å². The number of aryl methyl sites for hydroxylation is 3. The second kappa shape index (κ2) is 6.17. The quantitative estimate of drug-likeness (QED) is 0.926. The topological polar surface area (TPSA) is 68.0 Å². The highest BCUT2D eigenvalue weighted by Gasteiger charge is 2.18. The standard InChI is InChI=1S/C14H16BrN3O2/c1-4-9-6-10(15)8(3)17-13(9)18-14(19)12-11(5-2)16-7-20-12/h6-7H,4-5H2,1-3H3,(H,17,18,19). The van der Waals surface area contributed by atoms with Gasteiger partial charge in [-0.15, -0.1) is 0 Å². The van der Waals surface area contributed by atoms with Crippen LogP contribution in [0.4, 0.5) is 5.82 Å². The zero-order chi connectivity index (χ0) is 14.7. The summed E-state index contributed by atoms with van der Waals surface area (Å²) in [6.45, 7) is 5.82. The third-order valence-electron chi connectivity index (χ3n) is 3.03. The second-order valence-corrected chi connectivity index (χ2v) is 5.21. The Morgan fingerprint density at radius 1 is 1.40 bits per heavy atom. The normalized spacial score (nSPS) is 10.6. The molecule has 0 aliphatic rings. The van der Waals surface area contributed by atoms with Crippen LogP contribution in [0.2, 0.25) is 0 Å². The van der Waals surface area contributed by atoms with Gasteiger partial charge in [0.1, 0.15) is 5.82 Å². The van der Waals surface area contributed by atoms with E-state index in [-0.39, 0.29) is 11.7 Å². The van der Waals surface area contributed by atoms with E-state index in [9.17, 15) is 4.79 Å². The van der Waals surface area contributed by atoms with Gasteiger partial charge in [0.15, 0.2) is 6.39 Å². The monoisotopic (exact) mass is 337 g/mol.